The van der Waals surface area contributed by atoms with Gasteiger partial charge >= 0.3 is 12.1 Å². The van der Waals surface area contributed by atoms with Crippen molar-refractivity contribution in [3.05, 3.63) is 58.3 Å². The van der Waals surface area contributed by atoms with Crippen LogP contribution in [0.25, 0.3) is 27.9 Å². The monoisotopic (exact) mass is 1070 g/mol. The first kappa shape index (κ1) is 53.2. The average molecular weight is 1070 g/mol. The van der Waals surface area contributed by atoms with Crippen molar-refractivity contribution >= 4 is 52.7 Å². The van der Waals surface area contributed by atoms with E-state index in [-0.39, 0.29) is 60.6 Å². The molecular weight excluding hydrogens is 996 g/mol. The number of alkyl halides is 3. The first-order valence-electron chi connectivity index (χ1n) is 27.4. The fourth-order valence-corrected chi connectivity index (χ4v) is 13.1. The molecule has 0 spiro atoms. The standard InChI is InChI=1S/C57H72F3N9O6S/c1-32(65-14-16-66(17-15-65)39-11-12-39)8-9-36-22-42(48(61-28-36)35(4)73-7)50-43-26-55(5,6)31-75-54(72)49-38-23-40(24-38)69(64-49)53(71)51(63-52(70)47-33(2)34(47)3)56(67-18-20-74-21-19-67)27-46(56)62-44(29-76)37-10-13-45(41(43)25-37)68(50)30-57(58,59)60/h10,13,22,25,28-29,32-35,38-40,47,49,51,64,76H,11-12,14-21,23-24,26-27,30-31H2,1-7H3,(H,63,70)/b44-29-,62-46?/t32-,33-,34+,35+,38?,40?,47?,49+,51?,56+/m1/s1. The van der Waals surface area contributed by atoms with Crippen molar-refractivity contribution in [1.82, 2.24) is 40.0 Å². The molecule has 1 aromatic carbocycles. The van der Waals surface area contributed by atoms with Crippen LogP contribution in [0.5, 0.6) is 0 Å². The van der Waals surface area contributed by atoms with Crippen molar-refractivity contribution in [3.8, 4) is 23.1 Å². The van der Waals surface area contributed by atoms with Gasteiger partial charge in [-0.25, -0.2) is 5.43 Å². The van der Waals surface area contributed by atoms with Crippen LogP contribution < -0.4 is 10.7 Å². The van der Waals surface area contributed by atoms with E-state index in [9.17, 15) is 9.59 Å². The van der Waals surface area contributed by atoms with E-state index in [1.165, 1.54) is 17.4 Å². The molecule has 19 heteroatoms. The molecule has 9 aliphatic rings. The van der Waals surface area contributed by atoms with Crippen LogP contribution in [0.15, 0.2) is 40.9 Å². The number of esters is 1. The number of hydrogen-bond donors (Lipinski definition) is 3. The van der Waals surface area contributed by atoms with Gasteiger partial charge < -0.3 is 24.1 Å². The third kappa shape index (κ3) is 10.1. The van der Waals surface area contributed by atoms with Crippen molar-refractivity contribution in [2.75, 3.05) is 66.2 Å². The third-order valence-electron chi connectivity index (χ3n) is 18.0. The molecule has 15 nitrogen and oxygen atoms in total. The quantitative estimate of drug-likeness (QED) is 0.121. The Morgan fingerprint density at radius 3 is 2.41 bits per heavy atom. The van der Waals surface area contributed by atoms with Crippen molar-refractivity contribution in [1.29, 1.82) is 0 Å². The zero-order valence-corrected chi connectivity index (χ0v) is 45.6. The summed E-state index contributed by atoms with van der Waals surface area (Å²) in [6.45, 7) is 16.1. The van der Waals surface area contributed by atoms with E-state index in [4.69, 9.17) is 36.8 Å². The molecule has 8 fully saturated rings. The number of amides is 2. The van der Waals surface area contributed by atoms with Crippen molar-refractivity contribution in [3.63, 3.8) is 0 Å². The number of methoxy groups -OCH3 is 1. The van der Waals surface area contributed by atoms with Crippen LogP contribution in [0.1, 0.15) is 102 Å². The van der Waals surface area contributed by atoms with Crippen LogP contribution in [-0.2, 0) is 41.6 Å². The SMILES string of the molecule is CO[C@@H](C)c1ncc(C#C[C@@H](C)N2CCN(C3CC3)CC2)cc1-c1c2c3cc(ccc3n1CC(F)(F)F)/C(=C/S)N=C1C[C@@]1(N1CCOCC1)C(NC(=O)C1[C@@H](C)[C@H]1C)C(=O)N1N[C@H](C(=O)OCC(C)(C)C2)C2CC1C2. The van der Waals surface area contributed by atoms with Crippen LogP contribution in [0.3, 0.4) is 0 Å². The number of hydrogen-bond acceptors (Lipinski definition) is 13. The van der Waals surface area contributed by atoms with Gasteiger partial charge in [0.2, 0.25) is 5.91 Å². The molecule has 76 heavy (non-hydrogen) atoms. The number of morpholine rings is 1. The highest BCUT2D eigenvalue weighted by Crippen LogP contribution is 2.50. The number of cyclic esters (lactones) is 1. The molecule has 5 aliphatic heterocycles. The van der Waals surface area contributed by atoms with Gasteiger partial charge in [-0.15, -0.1) is 12.6 Å². The number of ether oxygens (including phenoxy) is 3. The second-order valence-electron chi connectivity index (χ2n) is 23.7. The van der Waals surface area contributed by atoms with Gasteiger partial charge in [0.15, 0.2) is 0 Å². The molecule has 4 saturated heterocycles. The molecule has 4 saturated carbocycles. The van der Waals surface area contributed by atoms with Gasteiger partial charge in [-0.2, -0.15) is 13.2 Å². The Labute approximate surface area is 449 Å². The number of nitrogens with zero attached hydrogens (tertiary/aromatic N) is 7. The van der Waals surface area contributed by atoms with E-state index < -0.39 is 47.8 Å². The maximum absolute atomic E-state index is 15.4. The zero-order chi connectivity index (χ0) is 53.6. The van der Waals surface area contributed by atoms with Gasteiger partial charge in [0.05, 0.1) is 54.6 Å². The number of hydrazine groups is 1. The molecule has 0 radical (unpaired) electrons. The Balaban J connectivity index is 1.06. The molecule has 2 aromatic heterocycles. The Morgan fingerprint density at radius 1 is 1.03 bits per heavy atom. The highest BCUT2D eigenvalue weighted by atomic mass is 32.1. The van der Waals surface area contributed by atoms with Gasteiger partial charge in [0, 0.05) is 116 Å². The van der Waals surface area contributed by atoms with E-state index in [1.54, 1.807) is 35.9 Å². The first-order chi connectivity index (χ1) is 36.3. The summed E-state index contributed by atoms with van der Waals surface area (Å²) in [5, 5.41) is 6.94. The molecule has 2 amide bonds. The Kier molecular flexibility index (Phi) is 14.3. The second kappa shape index (κ2) is 20.4. The van der Waals surface area contributed by atoms with E-state index in [0.29, 0.717) is 108 Å². The largest absolute Gasteiger partial charge is 0.464 e. The molecule has 7 heterocycles. The summed E-state index contributed by atoms with van der Waals surface area (Å²) in [7, 11) is 1.55. The summed E-state index contributed by atoms with van der Waals surface area (Å²) in [6.07, 6.45) is 0.636. The van der Waals surface area contributed by atoms with Crippen molar-refractivity contribution in [2.45, 2.75) is 135 Å². The van der Waals surface area contributed by atoms with E-state index >= 15 is 18.0 Å². The van der Waals surface area contributed by atoms with Gasteiger partial charge in [0.25, 0.3) is 5.91 Å². The number of aliphatic imine (C=N–C) groups is 1. The molecule has 4 aliphatic carbocycles. The normalized spacial score (nSPS) is 31.5. The maximum Gasteiger partial charge on any atom is 0.406 e. The molecule has 12 rings (SSSR count). The van der Waals surface area contributed by atoms with Crippen LogP contribution in [0, 0.1) is 40.9 Å². The molecular formula is C57H72F3N9O6S. The van der Waals surface area contributed by atoms with Crippen LogP contribution in [0.4, 0.5) is 13.2 Å². The molecule has 2 N–H and O–H groups in total. The fraction of sp³-hybridized carbons (Fsp3) is 0.632. The minimum absolute atomic E-state index is 0.0593. The third-order valence-corrected chi connectivity index (χ3v) is 18.3. The molecule has 8 atom stereocenters. The first-order valence-corrected chi connectivity index (χ1v) is 27.9. The predicted octanol–water partition coefficient (Wildman–Crippen LogP) is 6.64. The predicted molar refractivity (Wildman–Crippen MR) is 286 cm³/mol. The lowest BCUT2D eigenvalue weighted by Gasteiger charge is -2.53. The van der Waals surface area contributed by atoms with Crippen LogP contribution >= 0.6 is 12.6 Å². The number of carbonyl (C=O) groups excluding carboxylic acids is 3. The Hall–Kier alpha value is -4.81. The van der Waals surface area contributed by atoms with E-state index in [1.807, 2.05) is 46.8 Å². The number of nitrogens with one attached hydrogen (secondary N) is 2. The van der Waals surface area contributed by atoms with Crippen LogP contribution in [0.2, 0.25) is 0 Å². The number of halogens is 3. The summed E-state index contributed by atoms with van der Waals surface area (Å²) in [6, 6.07) is 5.70. The number of pyridine rings is 1. The number of piperazine rings is 1. The summed E-state index contributed by atoms with van der Waals surface area (Å²) in [4.78, 5) is 61.4. The second-order valence-corrected chi connectivity index (χ2v) is 23.9. The molecule has 408 valence electrons. The molecule has 2 unspecified atom stereocenters. The van der Waals surface area contributed by atoms with E-state index in [2.05, 4.69) is 44.2 Å². The Bertz CT molecular complexity index is 2900. The maximum atomic E-state index is 15.4. The summed E-state index contributed by atoms with van der Waals surface area (Å²) in [5.74, 6) is 5.67. The smallest absolute Gasteiger partial charge is 0.406 e. The van der Waals surface area contributed by atoms with Gasteiger partial charge in [-0.05, 0) is 92.9 Å². The summed E-state index contributed by atoms with van der Waals surface area (Å²) >= 11 is 4.73. The lowest BCUT2D eigenvalue weighted by molar-refractivity contribution is -0.172. The number of thiol groups is 1. The number of rotatable bonds is 9. The number of carbonyl (C=O) groups is 3. The minimum atomic E-state index is -4.64. The fourth-order valence-electron chi connectivity index (χ4n) is 12.9. The van der Waals surface area contributed by atoms with Gasteiger partial charge in [-0.1, -0.05) is 45.6 Å². The van der Waals surface area contributed by atoms with E-state index in [0.717, 1.165) is 26.2 Å². The summed E-state index contributed by atoms with van der Waals surface area (Å²) in [5.41, 5.74) is 5.79. The highest BCUT2D eigenvalue weighted by molar-refractivity contribution is 7.83. The molecule has 6 bridgehead atoms. The number of fused-ring (bicyclic) bond motifs is 2. The van der Waals surface area contributed by atoms with Crippen LogP contribution in [-0.4, -0.2) is 161 Å². The highest BCUT2D eigenvalue weighted by Gasteiger charge is 2.66. The van der Waals surface area contributed by atoms with Gasteiger partial charge in [-0.3, -0.25) is 44.1 Å². The molecule has 3 aromatic rings. The lowest BCUT2D eigenvalue weighted by atomic mass is 9.73. The summed E-state index contributed by atoms with van der Waals surface area (Å²) < 4.78 is 65.0. The van der Waals surface area contributed by atoms with Gasteiger partial charge in [0.1, 0.15) is 18.6 Å². The Morgan fingerprint density at radius 2 is 1.75 bits per heavy atom. The van der Waals surface area contributed by atoms with Crippen molar-refractivity contribution < 1.29 is 41.8 Å². The lowest BCUT2D eigenvalue weighted by Crippen LogP contribution is -2.74. The minimum Gasteiger partial charge on any atom is -0.464 e. The topological polar surface area (TPSA) is 146 Å². The zero-order valence-electron chi connectivity index (χ0n) is 44.7. The number of aromatic nitrogens is 2. The number of benzene rings is 1. The average Bonchev–Trinajstić information content (AvgIpc) is 4.47. The van der Waals surface area contributed by atoms with Crippen molar-refractivity contribution in [2.24, 2.45) is 34.1 Å².